The number of amides is 1. The fraction of sp³-hybridized carbons (Fsp3) is 0.273. The molecule has 0 N–H and O–H groups in total. The molecule has 0 aliphatic rings. The number of rotatable bonds is 4. The van der Waals surface area contributed by atoms with E-state index in [0.29, 0.717) is 0 Å². The van der Waals surface area contributed by atoms with Crippen LogP contribution < -0.4 is 4.90 Å². The van der Waals surface area contributed by atoms with Gasteiger partial charge in [0.05, 0.1) is 15.8 Å². The molecule has 3 aromatic rings. The molecule has 0 saturated heterocycles. The molecule has 0 aliphatic heterocycles. The Labute approximate surface area is 159 Å². The standard InChI is InChI=1S/C22H24N2OS/c1-14-11-16(3)21-19(12-14)15(2)13-20(23-21)26-17(4)22(25)24(5)18-9-7-6-8-10-18/h6-13,17H,1-5H3/t17-/m0/s1. The van der Waals surface area contributed by atoms with E-state index in [4.69, 9.17) is 4.98 Å². The van der Waals surface area contributed by atoms with Crippen LogP contribution in [-0.2, 0) is 4.79 Å². The highest BCUT2D eigenvalue weighted by atomic mass is 32.2. The summed E-state index contributed by atoms with van der Waals surface area (Å²) in [6.07, 6.45) is 0. The monoisotopic (exact) mass is 364 g/mol. The SMILES string of the molecule is Cc1cc(C)c2nc(S[C@@H](C)C(=O)N(C)c3ccccc3)cc(C)c2c1. The van der Waals surface area contributed by atoms with Crippen LogP contribution >= 0.6 is 11.8 Å². The minimum absolute atomic E-state index is 0.0707. The molecule has 0 spiro atoms. The van der Waals surface area contributed by atoms with Crippen molar-refractivity contribution in [2.45, 2.75) is 38.0 Å². The van der Waals surface area contributed by atoms with Crippen molar-refractivity contribution in [3.63, 3.8) is 0 Å². The number of benzene rings is 2. The number of aromatic nitrogens is 1. The number of para-hydroxylation sites is 1. The Kier molecular flexibility index (Phi) is 5.33. The summed E-state index contributed by atoms with van der Waals surface area (Å²) in [5.74, 6) is 0.0707. The summed E-state index contributed by atoms with van der Waals surface area (Å²) in [6, 6.07) is 16.1. The Morgan fingerprint density at radius 2 is 1.73 bits per heavy atom. The van der Waals surface area contributed by atoms with Crippen LogP contribution in [-0.4, -0.2) is 23.2 Å². The van der Waals surface area contributed by atoms with Crippen molar-refractivity contribution in [2.24, 2.45) is 0 Å². The molecule has 1 heterocycles. The van der Waals surface area contributed by atoms with E-state index in [1.165, 1.54) is 33.8 Å². The molecule has 26 heavy (non-hydrogen) atoms. The van der Waals surface area contributed by atoms with Crippen LogP contribution in [0.5, 0.6) is 0 Å². The van der Waals surface area contributed by atoms with Crippen LogP contribution in [0.1, 0.15) is 23.6 Å². The second-order valence-corrected chi connectivity index (χ2v) is 8.11. The molecule has 0 fully saturated rings. The zero-order valence-corrected chi connectivity index (χ0v) is 16.7. The molecule has 1 amide bonds. The van der Waals surface area contributed by atoms with Crippen LogP contribution in [0, 0.1) is 20.8 Å². The third kappa shape index (κ3) is 3.75. The lowest BCUT2D eigenvalue weighted by Gasteiger charge is -2.21. The van der Waals surface area contributed by atoms with Crippen molar-refractivity contribution < 1.29 is 4.79 Å². The van der Waals surface area contributed by atoms with E-state index in [1.54, 1.807) is 4.90 Å². The summed E-state index contributed by atoms with van der Waals surface area (Å²) >= 11 is 1.51. The minimum Gasteiger partial charge on any atom is -0.315 e. The van der Waals surface area contributed by atoms with Crippen LogP contribution in [0.25, 0.3) is 10.9 Å². The van der Waals surface area contributed by atoms with Gasteiger partial charge in [-0.05, 0) is 63.1 Å². The van der Waals surface area contributed by atoms with E-state index in [9.17, 15) is 4.79 Å². The summed E-state index contributed by atoms with van der Waals surface area (Å²) in [5, 5.41) is 1.87. The fourth-order valence-corrected chi connectivity index (χ4v) is 4.17. The second-order valence-electron chi connectivity index (χ2n) is 6.75. The van der Waals surface area contributed by atoms with Crippen LogP contribution in [0.4, 0.5) is 5.69 Å². The van der Waals surface area contributed by atoms with Gasteiger partial charge in [0.1, 0.15) is 0 Å². The van der Waals surface area contributed by atoms with E-state index >= 15 is 0 Å². The van der Waals surface area contributed by atoms with E-state index in [1.807, 2.05) is 44.3 Å². The van der Waals surface area contributed by atoms with E-state index in [2.05, 4.69) is 39.0 Å². The van der Waals surface area contributed by atoms with Crippen LogP contribution in [0.15, 0.2) is 53.6 Å². The second kappa shape index (κ2) is 7.50. The molecule has 0 unspecified atom stereocenters. The van der Waals surface area contributed by atoms with Gasteiger partial charge in [-0.2, -0.15) is 0 Å². The summed E-state index contributed by atoms with van der Waals surface area (Å²) in [4.78, 5) is 19.3. The average molecular weight is 365 g/mol. The number of aryl methyl sites for hydroxylation is 3. The summed E-state index contributed by atoms with van der Waals surface area (Å²) in [7, 11) is 1.82. The number of hydrogen-bond donors (Lipinski definition) is 0. The van der Waals surface area contributed by atoms with Gasteiger partial charge in [-0.25, -0.2) is 4.98 Å². The van der Waals surface area contributed by atoms with Gasteiger partial charge in [-0.3, -0.25) is 4.79 Å². The van der Waals surface area contributed by atoms with Crippen molar-refractivity contribution in [3.8, 4) is 0 Å². The van der Waals surface area contributed by atoms with Crippen molar-refractivity contribution >= 4 is 34.3 Å². The molecule has 3 nitrogen and oxygen atoms in total. The first kappa shape index (κ1) is 18.5. The Hall–Kier alpha value is -2.33. The minimum atomic E-state index is -0.213. The van der Waals surface area contributed by atoms with Gasteiger partial charge >= 0.3 is 0 Å². The van der Waals surface area contributed by atoms with Gasteiger partial charge in [0.15, 0.2) is 0 Å². The molecule has 1 atom stereocenters. The summed E-state index contributed by atoms with van der Waals surface area (Å²) in [6.45, 7) is 8.24. The number of fused-ring (bicyclic) bond motifs is 1. The maximum Gasteiger partial charge on any atom is 0.239 e. The molecule has 0 radical (unpaired) electrons. The highest BCUT2D eigenvalue weighted by molar-refractivity contribution is 8.00. The number of nitrogens with zero attached hydrogens (tertiary/aromatic N) is 2. The highest BCUT2D eigenvalue weighted by Gasteiger charge is 2.21. The lowest BCUT2D eigenvalue weighted by molar-refractivity contribution is -0.117. The van der Waals surface area contributed by atoms with Gasteiger partial charge in [-0.15, -0.1) is 0 Å². The van der Waals surface area contributed by atoms with Gasteiger partial charge < -0.3 is 4.90 Å². The van der Waals surface area contributed by atoms with Crippen molar-refractivity contribution in [3.05, 3.63) is 65.2 Å². The first-order valence-electron chi connectivity index (χ1n) is 8.74. The Morgan fingerprint density at radius 3 is 2.42 bits per heavy atom. The number of pyridine rings is 1. The van der Waals surface area contributed by atoms with Gasteiger partial charge in [0.2, 0.25) is 5.91 Å². The van der Waals surface area contributed by atoms with E-state index in [0.717, 1.165) is 16.2 Å². The Bertz CT molecular complexity index is 953. The molecule has 134 valence electrons. The molecule has 1 aromatic heterocycles. The number of carbonyl (C=O) groups is 1. The lowest BCUT2D eigenvalue weighted by Crippen LogP contribution is -2.33. The normalized spacial score (nSPS) is 12.2. The first-order chi connectivity index (χ1) is 12.4. The van der Waals surface area contributed by atoms with E-state index in [-0.39, 0.29) is 11.2 Å². The molecule has 4 heteroatoms. The number of thioether (sulfide) groups is 1. The molecule has 0 bridgehead atoms. The largest absolute Gasteiger partial charge is 0.315 e. The number of hydrogen-bond acceptors (Lipinski definition) is 3. The lowest BCUT2D eigenvalue weighted by atomic mass is 10.0. The average Bonchev–Trinajstić information content (AvgIpc) is 2.62. The third-order valence-electron chi connectivity index (χ3n) is 4.55. The molecule has 3 rings (SSSR count). The molecular weight excluding hydrogens is 340 g/mol. The summed E-state index contributed by atoms with van der Waals surface area (Å²) < 4.78 is 0. The smallest absolute Gasteiger partial charge is 0.239 e. The van der Waals surface area contributed by atoms with Crippen molar-refractivity contribution in [1.29, 1.82) is 0 Å². The highest BCUT2D eigenvalue weighted by Crippen LogP contribution is 2.30. The van der Waals surface area contributed by atoms with Gasteiger partial charge in [-0.1, -0.05) is 41.6 Å². The first-order valence-corrected chi connectivity index (χ1v) is 9.62. The quantitative estimate of drug-likeness (QED) is 0.589. The molecule has 0 aliphatic carbocycles. The van der Waals surface area contributed by atoms with Crippen LogP contribution in [0.2, 0.25) is 0 Å². The predicted molar refractivity (Wildman–Crippen MR) is 111 cm³/mol. The fourth-order valence-electron chi connectivity index (χ4n) is 3.16. The number of carbonyl (C=O) groups excluding carboxylic acids is 1. The maximum atomic E-state index is 12.8. The zero-order chi connectivity index (χ0) is 18.8. The number of anilines is 1. The van der Waals surface area contributed by atoms with Gasteiger partial charge in [0, 0.05) is 18.1 Å². The molecule has 2 aromatic carbocycles. The maximum absolute atomic E-state index is 12.8. The summed E-state index contributed by atoms with van der Waals surface area (Å²) in [5.41, 5.74) is 5.53. The van der Waals surface area contributed by atoms with Crippen LogP contribution in [0.3, 0.4) is 0 Å². The molecular formula is C22H24N2OS. The molecule has 0 saturated carbocycles. The van der Waals surface area contributed by atoms with Crippen molar-refractivity contribution in [1.82, 2.24) is 4.98 Å². The third-order valence-corrected chi connectivity index (χ3v) is 5.56. The topological polar surface area (TPSA) is 33.2 Å². The van der Waals surface area contributed by atoms with Crippen molar-refractivity contribution in [2.75, 3.05) is 11.9 Å². The predicted octanol–water partition coefficient (Wildman–Crippen LogP) is 5.30. The van der Waals surface area contributed by atoms with E-state index < -0.39 is 0 Å². The zero-order valence-electron chi connectivity index (χ0n) is 15.9. The Morgan fingerprint density at radius 1 is 1.04 bits per heavy atom. The Balaban J connectivity index is 1.85. The van der Waals surface area contributed by atoms with Gasteiger partial charge in [0.25, 0.3) is 0 Å².